The van der Waals surface area contributed by atoms with E-state index in [1.807, 2.05) is 55.5 Å². The lowest BCUT2D eigenvalue weighted by Gasteiger charge is -2.30. The molecule has 0 unspecified atom stereocenters. The smallest absolute Gasteiger partial charge is 0.336 e. The van der Waals surface area contributed by atoms with E-state index in [1.165, 1.54) is 0 Å². The molecule has 3 aromatic rings. The molecule has 1 N–H and O–H groups in total. The van der Waals surface area contributed by atoms with Crippen molar-refractivity contribution in [1.82, 2.24) is 0 Å². The molecule has 156 valence electrons. The van der Waals surface area contributed by atoms with Gasteiger partial charge in [-0.3, -0.25) is 0 Å². The maximum Gasteiger partial charge on any atom is 0.336 e. The van der Waals surface area contributed by atoms with E-state index in [0.717, 1.165) is 16.7 Å². The van der Waals surface area contributed by atoms with E-state index < -0.39 is 12.1 Å². The Balaban J connectivity index is 1.74. The molecule has 0 saturated heterocycles. The molecule has 0 amide bonds. The Labute approximate surface area is 179 Å². The largest absolute Gasteiger partial charge is 0.497 e. The first-order chi connectivity index (χ1) is 15.0. The first-order valence-electron chi connectivity index (χ1n) is 9.84. The molecule has 2 aliphatic heterocycles. The summed E-state index contributed by atoms with van der Waals surface area (Å²) in [5.74, 6) is 1.49. The Kier molecular flexibility index (Phi) is 4.55. The number of carboxylic acid groups (broad SMARTS) is 1. The molecule has 2 aliphatic rings. The summed E-state index contributed by atoms with van der Waals surface area (Å²) >= 11 is 0. The van der Waals surface area contributed by atoms with Crippen molar-refractivity contribution in [3.05, 3.63) is 88.5 Å². The van der Waals surface area contributed by atoms with Gasteiger partial charge in [-0.1, -0.05) is 29.8 Å². The fourth-order valence-corrected chi connectivity index (χ4v) is 4.00. The molecular weight excluding hydrogens is 396 g/mol. The number of benzene rings is 3. The molecular formula is C25H20O6. The van der Waals surface area contributed by atoms with Crippen LogP contribution in [-0.2, 0) is 4.79 Å². The summed E-state index contributed by atoms with van der Waals surface area (Å²) in [5.41, 5.74) is 4.02. The highest BCUT2D eigenvalue weighted by atomic mass is 16.7. The highest BCUT2D eigenvalue weighted by molar-refractivity contribution is 6.04. The summed E-state index contributed by atoms with van der Waals surface area (Å²) in [7, 11) is 1.60. The van der Waals surface area contributed by atoms with Crippen LogP contribution >= 0.6 is 0 Å². The number of hydrogen-bond acceptors (Lipinski definition) is 5. The topological polar surface area (TPSA) is 74.2 Å². The molecule has 0 radical (unpaired) electrons. The highest BCUT2D eigenvalue weighted by Gasteiger charge is 2.35. The number of aryl methyl sites for hydroxylation is 1. The summed E-state index contributed by atoms with van der Waals surface area (Å²) in [4.78, 5) is 12.6. The van der Waals surface area contributed by atoms with Crippen LogP contribution in [0.2, 0.25) is 0 Å². The molecule has 3 aromatic carbocycles. The standard InChI is InChI=1S/C25H20O6/c1-14-3-9-19-18(11-14)22(15-4-7-17(28-2)8-5-15)23(25(26)27)24(31-19)16-6-10-20-21(12-16)30-13-29-20/h3-12,24H,13H2,1-2H3,(H,26,27)/t24-/m1/s1. The van der Waals surface area contributed by atoms with Gasteiger partial charge < -0.3 is 24.1 Å². The number of aliphatic carboxylic acids is 1. The fraction of sp³-hybridized carbons (Fsp3) is 0.160. The van der Waals surface area contributed by atoms with Crippen LogP contribution in [0.15, 0.2) is 66.2 Å². The van der Waals surface area contributed by atoms with Gasteiger partial charge in [0.05, 0.1) is 12.7 Å². The Morgan fingerprint density at radius 1 is 0.968 bits per heavy atom. The summed E-state index contributed by atoms with van der Waals surface area (Å²) in [6, 6.07) is 18.5. The Hall–Kier alpha value is -3.93. The van der Waals surface area contributed by atoms with Gasteiger partial charge in [0.15, 0.2) is 17.6 Å². The first kappa shape index (κ1) is 19.1. The predicted molar refractivity (Wildman–Crippen MR) is 114 cm³/mol. The van der Waals surface area contributed by atoms with Gasteiger partial charge in [0.25, 0.3) is 0 Å². The van der Waals surface area contributed by atoms with E-state index in [0.29, 0.717) is 34.1 Å². The molecule has 2 heterocycles. The van der Waals surface area contributed by atoms with Crippen molar-refractivity contribution in [3.63, 3.8) is 0 Å². The second kappa shape index (κ2) is 7.40. The maximum atomic E-state index is 12.6. The van der Waals surface area contributed by atoms with Crippen LogP contribution in [0.1, 0.15) is 28.4 Å². The van der Waals surface area contributed by atoms with Crippen LogP contribution in [0.5, 0.6) is 23.0 Å². The monoisotopic (exact) mass is 416 g/mol. The average Bonchev–Trinajstić information content (AvgIpc) is 3.25. The van der Waals surface area contributed by atoms with E-state index in [-0.39, 0.29) is 12.4 Å². The van der Waals surface area contributed by atoms with Gasteiger partial charge in [-0.25, -0.2) is 4.79 Å². The summed E-state index contributed by atoms with van der Waals surface area (Å²) in [6.45, 7) is 2.11. The first-order valence-corrected chi connectivity index (χ1v) is 9.84. The van der Waals surface area contributed by atoms with Gasteiger partial charge in [-0.05, 0) is 48.9 Å². The van der Waals surface area contributed by atoms with Crippen molar-refractivity contribution in [2.24, 2.45) is 0 Å². The van der Waals surface area contributed by atoms with E-state index in [9.17, 15) is 9.90 Å². The molecule has 5 rings (SSSR count). The lowest BCUT2D eigenvalue weighted by molar-refractivity contribution is -0.133. The van der Waals surface area contributed by atoms with Gasteiger partial charge in [-0.2, -0.15) is 0 Å². The summed E-state index contributed by atoms with van der Waals surface area (Å²) < 4.78 is 22.4. The van der Waals surface area contributed by atoms with Crippen LogP contribution in [0.4, 0.5) is 0 Å². The minimum absolute atomic E-state index is 0.144. The molecule has 31 heavy (non-hydrogen) atoms. The summed E-state index contributed by atoms with van der Waals surface area (Å²) in [6.07, 6.45) is -0.806. The van der Waals surface area contributed by atoms with Crippen LogP contribution in [0.3, 0.4) is 0 Å². The van der Waals surface area contributed by atoms with Crippen LogP contribution in [0.25, 0.3) is 5.57 Å². The Morgan fingerprint density at radius 2 is 1.71 bits per heavy atom. The van der Waals surface area contributed by atoms with Crippen LogP contribution < -0.4 is 18.9 Å². The van der Waals surface area contributed by atoms with E-state index in [2.05, 4.69) is 0 Å². The molecule has 0 spiro atoms. The van der Waals surface area contributed by atoms with Crippen molar-refractivity contribution >= 4 is 11.5 Å². The van der Waals surface area contributed by atoms with Gasteiger partial charge >= 0.3 is 5.97 Å². The zero-order valence-corrected chi connectivity index (χ0v) is 17.0. The summed E-state index contributed by atoms with van der Waals surface area (Å²) in [5, 5.41) is 10.3. The molecule has 1 atom stereocenters. The number of ether oxygens (including phenoxy) is 4. The van der Waals surface area contributed by atoms with Crippen LogP contribution in [0, 0.1) is 6.92 Å². The SMILES string of the molecule is COc1ccc(C2=C(C(=O)O)[C@@H](c3ccc4c(c3)OCO4)Oc3ccc(C)cc32)cc1. The molecule has 0 bridgehead atoms. The van der Waals surface area contributed by atoms with E-state index in [1.54, 1.807) is 19.2 Å². The average molecular weight is 416 g/mol. The highest BCUT2D eigenvalue weighted by Crippen LogP contribution is 2.47. The van der Waals surface area contributed by atoms with E-state index >= 15 is 0 Å². The third-order valence-electron chi connectivity index (χ3n) is 5.49. The van der Waals surface area contributed by atoms with Crippen molar-refractivity contribution in [1.29, 1.82) is 0 Å². The zero-order chi connectivity index (χ0) is 21.5. The number of rotatable bonds is 4. The van der Waals surface area contributed by atoms with Gasteiger partial charge in [0.2, 0.25) is 6.79 Å². The molecule has 6 nitrogen and oxygen atoms in total. The number of carbonyl (C=O) groups is 1. The molecule has 6 heteroatoms. The van der Waals surface area contributed by atoms with Gasteiger partial charge in [0.1, 0.15) is 11.5 Å². The second-order valence-corrected chi connectivity index (χ2v) is 7.43. The third-order valence-corrected chi connectivity index (χ3v) is 5.49. The van der Waals surface area contributed by atoms with Crippen molar-refractivity contribution in [3.8, 4) is 23.0 Å². The lowest BCUT2D eigenvalue weighted by atomic mass is 9.85. The van der Waals surface area contributed by atoms with Gasteiger partial charge in [0, 0.05) is 16.7 Å². The molecule has 0 fully saturated rings. The van der Waals surface area contributed by atoms with Gasteiger partial charge in [-0.15, -0.1) is 0 Å². The van der Waals surface area contributed by atoms with Crippen LogP contribution in [-0.4, -0.2) is 25.0 Å². The normalized spacial score (nSPS) is 16.5. The number of carboxylic acids is 1. The van der Waals surface area contributed by atoms with E-state index in [4.69, 9.17) is 18.9 Å². The third kappa shape index (κ3) is 3.26. The number of methoxy groups -OCH3 is 1. The number of fused-ring (bicyclic) bond motifs is 2. The molecule has 0 aliphatic carbocycles. The molecule has 0 saturated carbocycles. The number of hydrogen-bond donors (Lipinski definition) is 1. The minimum atomic E-state index is -1.04. The lowest BCUT2D eigenvalue weighted by Crippen LogP contribution is -2.23. The second-order valence-electron chi connectivity index (χ2n) is 7.43. The quantitative estimate of drug-likeness (QED) is 0.662. The minimum Gasteiger partial charge on any atom is -0.497 e. The van der Waals surface area contributed by atoms with Crippen molar-refractivity contribution < 1.29 is 28.8 Å². The maximum absolute atomic E-state index is 12.6. The predicted octanol–water partition coefficient (Wildman–Crippen LogP) is 4.75. The zero-order valence-electron chi connectivity index (χ0n) is 17.0. The Morgan fingerprint density at radius 3 is 2.45 bits per heavy atom. The van der Waals surface area contributed by atoms with Crippen molar-refractivity contribution in [2.45, 2.75) is 13.0 Å². The van der Waals surface area contributed by atoms with Crippen molar-refractivity contribution in [2.75, 3.05) is 13.9 Å². The molecule has 0 aromatic heterocycles. The Bertz CT molecular complexity index is 1210. The fourth-order valence-electron chi connectivity index (χ4n) is 4.00.